The summed E-state index contributed by atoms with van der Waals surface area (Å²) in [4.78, 5) is 0. The van der Waals surface area contributed by atoms with Gasteiger partial charge in [0.15, 0.2) is 0 Å². The van der Waals surface area contributed by atoms with Crippen molar-refractivity contribution in [2.45, 2.75) is 32.1 Å². The number of hydrogen-bond acceptors (Lipinski definition) is 1. The van der Waals surface area contributed by atoms with Crippen molar-refractivity contribution in [1.82, 2.24) is 5.32 Å². The Balaban J connectivity index is 2.12. The Hall–Kier alpha value is -0.820. The molecule has 1 N–H and O–H groups in total. The summed E-state index contributed by atoms with van der Waals surface area (Å²) in [5.41, 5.74) is 2.94. The van der Waals surface area contributed by atoms with Gasteiger partial charge in [-0.1, -0.05) is 38.1 Å². The van der Waals surface area contributed by atoms with E-state index in [1.165, 1.54) is 24.1 Å². The highest BCUT2D eigenvalue weighted by Crippen LogP contribution is 2.24. The molecule has 0 spiro atoms. The Labute approximate surface area is 86.5 Å². The Kier molecular flexibility index (Phi) is 2.87. The molecule has 0 saturated carbocycles. The van der Waals surface area contributed by atoms with Crippen LogP contribution in [0.2, 0.25) is 0 Å². The summed E-state index contributed by atoms with van der Waals surface area (Å²) >= 11 is 0. The van der Waals surface area contributed by atoms with Crippen LogP contribution in [0.25, 0.3) is 0 Å². The van der Waals surface area contributed by atoms with Crippen molar-refractivity contribution in [2.24, 2.45) is 0 Å². The molecule has 1 aliphatic rings. The van der Waals surface area contributed by atoms with Gasteiger partial charge in [-0.15, -0.1) is 0 Å². The van der Waals surface area contributed by atoms with Crippen LogP contribution < -0.4 is 5.32 Å². The highest BCUT2D eigenvalue weighted by Gasteiger charge is 2.16. The van der Waals surface area contributed by atoms with E-state index in [-0.39, 0.29) is 0 Å². The largest absolute Gasteiger partial charge is 0.316 e. The topological polar surface area (TPSA) is 12.0 Å². The van der Waals surface area contributed by atoms with Gasteiger partial charge in [0.05, 0.1) is 0 Å². The van der Waals surface area contributed by atoms with Crippen molar-refractivity contribution in [3.63, 3.8) is 0 Å². The number of nitrogens with one attached hydrogen (secondary N) is 1. The summed E-state index contributed by atoms with van der Waals surface area (Å²) in [6.07, 6.45) is 1.29. The first kappa shape index (κ1) is 9.72. The zero-order valence-electron chi connectivity index (χ0n) is 9.09. The van der Waals surface area contributed by atoms with E-state index in [2.05, 4.69) is 43.4 Å². The second-order valence-electron chi connectivity index (χ2n) is 4.51. The molecule has 1 heterocycles. The monoisotopic (exact) mass is 189 g/mol. The van der Waals surface area contributed by atoms with Crippen LogP contribution in [-0.4, -0.2) is 13.1 Å². The lowest BCUT2D eigenvalue weighted by Gasteiger charge is -2.11. The molecule has 1 aromatic carbocycles. The number of benzene rings is 1. The van der Waals surface area contributed by atoms with Crippen LogP contribution in [0.15, 0.2) is 24.3 Å². The minimum absolute atomic E-state index is 0.644. The van der Waals surface area contributed by atoms with Gasteiger partial charge in [-0.25, -0.2) is 0 Å². The third kappa shape index (κ3) is 1.98. The second-order valence-corrected chi connectivity index (χ2v) is 4.51. The molecule has 1 aromatic rings. The summed E-state index contributed by atoms with van der Waals surface area (Å²) in [5.74, 6) is 1.39. The van der Waals surface area contributed by atoms with Gasteiger partial charge < -0.3 is 5.32 Å². The van der Waals surface area contributed by atoms with Crippen LogP contribution in [0.1, 0.15) is 43.2 Å². The van der Waals surface area contributed by atoms with E-state index in [1.807, 2.05) is 0 Å². The van der Waals surface area contributed by atoms with E-state index in [0.717, 1.165) is 12.5 Å². The Morgan fingerprint density at radius 1 is 1.21 bits per heavy atom. The standard InChI is InChI=1S/C13H19N/c1-10(2)11-3-5-12(6-4-11)13-7-8-14-9-13/h3-6,10,13-14H,7-9H2,1-2H3/t13-/m0/s1. The van der Waals surface area contributed by atoms with Gasteiger partial charge in [-0.2, -0.15) is 0 Å². The van der Waals surface area contributed by atoms with Gasteiger partial charge in [0.1, 0.15) is 0 Å². The zero-order chi connectivity index (χ0) is 9.97. The minimum Gasteiger partial charge on any atom is -0.316 e. The predicted octanol–water partition coefficient (Wildman–Crippen LogP) is 2.89. The fraction of sp³-hybridized carbons (Fsp3) is 0.538. The highest BCUT2D eigenvalue weighted by molar-refractivity contribution is 5.27. The van der Waals surface area contributed by atoms with Crippen molar-refractivity contribution in [3.8, 4) is 0 Å². The average molecular weight is 189 g/mol. The Morgan fingerprint density at radius 3 is 2.43 bits per heavy atom. The highest BCUT2D eigenvalue weighted by atomic mass is 14.9. The summed E-state index contributed by atoms with van der Waals surface area (Å²) in [6, 6.07) is 9.15. The first-order valence-corrected chi connectivity index (χ1v) is 5.58. The molecule has 2 rings (SSSR count). The van der Waals surface area contributed by atoms with Crippen molar-refractivity contribution >= 4 is 0 Å². The average Bonchev–Trinajstić information content (AvgIpc) is 2.71. The second kappa shape index (κ2) is 4.14. The molecule has 0 aliphatic carbocycles. The quantitative estimate of drug-likeness (QED) is 0.754. The van der Waals surface area contributed by atoms with Crippen LogP contribution in [0, 0.1) is 0 Å². The van der Waals surface area contributed by atoms with E-state index in [9.17, 15) is 0 Å². The van der Waals surface area contributed by atoms with Gasteiger partial charge in [-0.05, 0) is 35.9 Å². The summed E-state index contributed by atoms with van der Waals surface area (Å²) in [6.45, 7) is 6.82. The van der Waals surface area contributed by atoms with Crippen molar-refractivity contribution < 1.29 is 0 Å². The first-order chi connectivity index (χ1) is 6.77. The maximum absolute atomic E-state index is 3.41. The molecule has 0 bridgehead atoms. The zero-order valence-corrected chi connectivity index (χ0v) is 9.09. The minimum atomic E-state index is 0.644. The maximum Gasteiger partial charge on any atom is 0.00206 e. The van der Waals surface area contributed by atoms with Crippen LogP contribution in [0.4, 0.5) is 0 Å². The molecule has 1 nitrogen and oxygen atoms in total. The van der Waals surface area contributed by atoms with E-state index >= 15 is 0 Å². The molecular formula is C13H19N. The molecule has 0 amide bonds. The number of rotatable bonds is 2. The molecule has 0 aromatic heterocycles. The normalized spacial score (nSPS) is 21.8. The molecule has 1 fully saturated rings. The maximum atomic E-state index is 3.41. The molecule has 76 valence electrons. The van der Waals surface area contributed by atoms with Gasteiger partial charge in [0.2, 0.25) is 0 Å². The molecular weight excluding hydrogens is 170 g/mol. The Morgan fingerprint density at radius 2 is 1.93 bits per heavy atom. The summed E-state index contributed by atoms with van der Waals surface area (Å²) in [5, 5.41) is 3.41. The van der Waals surface area contributed by atoms with Crippen molar-refractivity contribution in [2.75, 3.05) is 13.1 Å². The Bertz CT molecular complexity index is 281. The SMILES string of the molecule is CC(C)c1ccc([C@H]2CCNC2)cc1. The van der Waals surface area contributed by atoms with E-state index < -0.39 is 0 Å². The van der Waals surface area contributed by atoms with E-state index in [1.54, 1.807) is 0 Å². The smallest absolute Gasteiger partial charge is 0.00206 e. The third-order valence-corrected chi connectivity index (χ3v) is 3.13. The fourth-order valence-corrected chi connectivity index (χ4v) is 2.09. The molecule has 14 heavy (non-hydrogen) atoms. The van der Waals surface area contributed by atoms with E-state index in [4.69, 9.17) is 0 Å². The van der Waals surface area contributed by atoms with Crippen LogP contribution in [0.5, 0.6) is 0 Å². The van der Waals surface area contributed by atoms with E-state index in [0.29, 0.717) is 5.92 Å². The van der Waals surface area contributed by atoms with Crippen LogP contribution >= 0.6 is 0 Å². The van der Waals surface area contributed by atoms with Crippen LogP contribution in [0.3, 0.4) is 0 Å². The van der Waals surface area contributed by atoms with Crippen LogP contribution in [-0.2, 0) is 0 Å². The molecule has 1 saturated heterocycles. The number of hydrogen-bond donors (Lipinski definition) is 1. The predicted molar refractivity (Wildman–Crippen MR) is 60.8 cm³/mol. The molecule has 1 aliphatic heterocycles. The lowest BCUT2D eigenvalue weighted by Crippen LogP contribution is -2.07. The van der Waals surface area contributed by atoms with Crippen molar-refractivity contribution in [1.29, 1.82) is 0 Å². The molecule has 1 heteroatoms. The first-order valence-electron chi connectivity index (χ1n) is 5.58. The molecule has 1 atom stereocenters. The van der Waals surface area contributed by atoms with Gasteiger partial charge in [-0.3, -0.25) is 0 Å². The molecule has 0 radical (unpaired) electrons. The summed E-state index contributed by atoms with van der Waals surface area (Å²) in [7, 11) is 0. The lowest BCUT2D eigenvalue weighted by atomic mass is 9.95. The fourth-order valence-electron chi connectivity index (χ4n) is 2.09. The lowest BCUT2D eigenvalue weighted by molar-refractivity contribution is 0.761. The van der Waals surface area contributed by atoms with Crippen molar-refractivity contribution in [3.05, 3.63) is 35.4 Å². The summed E-state index contributed by atoms with van der Waals surface area (Å²) < 4.78 is 0. The third-order valence-electron chi connectivity index (χ3n) is 3.13. The van der Waals surface area contributed by atoms with Gasteiger partial charge in [0.25, 0.3) is 0 Å². The van der Waals surface area contributed by atoms with Gasteiger partial charge >= 0.3 is 0 Å². The molecule has 0 unspecified atom stereocenters. The van der Waals surface area contributed by atoms with Gasteiger partial charge in [0, 0.05) is 6.54 Å².